The smallest absolute Gasteiger partial charge is 1.00 e. The Hall–Kier alpha value is 0.470. The second-order valence-corrected chi connectivity index (χ2v) is 1.70. The van der Waals surface area contributed by atoms with Crippen LogP contribution in [-0.2, 0) is 4.79 Å². The molecule has 0 aliphatic carbocycles. The summed E-state index contributed by atoms with van der Waals surface area (Å²) in [6.07, 6.45) is 1.60. The van der Waals surface area contributed by atoms with Gasteiger partial charge in [0.05, 0.1) is 0 Å². The summed E-state index contributed by atoms with van der Waals surface area (Å²) in [4.78, 5) is 10.5. The molecule has 1 N–H and O–H groups in total. The van der Waals surface area contributed by atoms with Crippen LogP contribution < -0.4 is 34.9 Å². The van der Waals surface area contributed by atoms with Gasteiger partial charge in [0, 0.05) is 13.0 Å². The number of carbonyl (C=O) groups is 1. The van der Waals surface area contributed by atoms with Gasteiger partial charge in [-0.15, -0.1) is 0 Å². The van der Waals surface area contributed by atoms with E-state index in [0.29, 0.717) is 6.42 Å². The van der Waals surface area contributed by atoms with Gasteiger partial charge in [-0.25, -0.2) is 0 Å². The molecule has 9 heavy (non-hydrogen) atoms. The maximum atomic E-state index is 10.5. The molecule has 0 aromatic carbocycles. The SMILES string of the molecule is CCCC(=O)NCC.[H-].[Na+]. The van der Waals surface area contributed by atoms with Crippen LogP contribution in [0.2, 0.25) is 0 Å². The minimum Gasteiger partial charge on any atom is -1.00 e. The number of hydrogen-bond acceptors (Lipinski definition) is 1. The van der Waals surface area contributed by atoms with E-state index in [9.17, 15) is 4.79 Å². The molecule has 0 spiro atoms. The zero-order chi connectivity index (χ0) is 6.41. The molecule has 50 valence electrons. The maximum Gasteiger partial charge on any atom is 1.00 e. The minimum atomic E-state index is 0. The van der Waals surface area contributed by atoms with Gasteiger partial charge >= 0.3 is 29.6 Å². The van der Waals surface area contributed by atoms with Crippen LogP contribution in [0.5, 0.6) is 0 Å². The van der Waals surface area contributed by atoms with Crippen molar-refractivity contribution in [3.63, 3.8) is 0 Å². The molecule has 0 radical (unpaired) electrons. The Morgan fingerprint density at radius 1 is 1.56 bits per heavy atom. The summed E-state index contributed by atoms with van der Waals surface area (Å²) in [5.41, 5.74) is 0. The van der Waals surface area contributed by atoms with Gasteiger partial charge in [0.2, 0.25) is 5.91 Å². The van der Waals surface area contributed by atoms with Crippen molar-refractivity contribution in [2.24, 2.45) is 0 Å². The first-order valence-electron chi connectivity index (χ1n) is 3.08. The van der Waals surface area contributed by atoms with Gasteiger partial charge in [-0.05, 0) is 13.3 Å². The van der Waals surface area contributed by atoms with Crippen molar-refractivity contribution in [1.29, 1.82) is 0 Å². The molecule has 0 unspecified atom stereocenters. The van der Waals surface area contributed by atoms with Gasteiger partial charge in [-0.3, -0.25) is 4.79 Å². The summed E-state index contributed by atoms with van der Waals surface area (Å²) in [7, 11) is 0. The van der Waals surface area contributed by atoms with Crippen molar-refractivity contribution in [3.8, 4) is 0 Å². The molecule has 0 atom stereocenters. The topological polar surface area (TPSA) is 29.1 Å². The van der Waals surface area contributed by atoms with E-state index in [2.05, 4.69) is 5.32 Å². The average molecular weight is 139 g/mol. The largest absolute Gasteiger partial charge is 1.00 e. The van der Waals surface area contributed by atoms with E-state index < -0.39 is 0 Å². The molecule has 0 fully saturated rings. The molecule has 0 aromatic heterocycles. The Labute approximate surface area is 80.2 Å². The monoisotopic (exact) mass is 139 g/mol. The Kier molecular flexibility index (Phi) is 11.5. The second-order valence-electron chi connectivity index (χ2n) is 1.70. The Morgan fingerprint density at radius 3 is 2.44 bits per heavy atom. The van der Waals surface area contributed by atoms with Gasteiger partial charge in [-0.2, -0.15) is 0 Å². The fourth-order valence-corrected chi connectivity index (χ4v) is 0.513. The van der Waals surface area contributed by atoms with Crippen molar-refractivity contribution in [3.05, 3.63) is 0 Å². The van der Waals surface area contributed by atoms with Crippen LogP contribution in [0.25, 0.3) is 0 Å². The molecule has 0 saturated carbocycles. The van der Waals surface area contributed by atoms with E-state index in [1.807, 2.05) is 13.8 Å². The standard InChI is InChI=1S/C6H13NO.Na.H/c1-3-5-6(8)7-4-2;;/h3-5H2,1-2H3,(H,7,8);;/q;+1;-1. The summed E-state index contributed by atoms with van der Waals surface area (Å²) in [6.45, 7) is 4.67. The van der Waals surface area contributed by atoms with E-state index in [4.69, 9.17) is 0 Å². The van der Waals surface area contributed by atoms with Crippen LogP contribution in [0.3, 0.4) is 0 Å². The zero-order valence-electron chi connectivity index (χ0n) is 7.53. The van der Waals surface area contributed by atoms with Crippen molar-refractivity contribution in [2.45, 2.75) is 26.7 Å². The van der Waals surface area contributed by atoms with Crippen molar-refractivity contribution >= 4 is 5.91 Å². The van der Waals surface area contributed by atoms with Gasteiger partial charge in [0.25, 0.3) is 0 Å². The fraction of sp³-hybridized carbons (Fsp3) is 0.833. The number of rotatable bonds is 3. The molecule has 0 aliphatic heterocycles. The third-order valence-electron chi connectivity index (χ3n) is 0.851. The number of hydrogen-bond donors (Lipinski definition) is 1. The van der Waals surface area contributed by atoms with Crippen molar-refractivity contribution < 1.29 is 35.8 Å². The van der Waals surface area contributed by atoms with Crippen LogP contribution in [0.15, 0.2) is 0 Å². The van der Waals surface area contributed by atoms with Gasteiger partial charge in [-0.1, -0.05) is 6.92 Å². The van der Waals surface area contributed by atoms with Crippen molar-refractivity contribution in [1.82, 2.24) is 5.32 Å². The van der Waals surface area contributed by atoms with Crippen LogP contribution in [0.1, 0.15) is 28.1 Å². The van der Waals surface area contributed by atoms with E-state index in [1.54, 1.807) is 0 Å². The minimum absolute atomic E-state index is 0. The van der Waals surface area contributed by atoms with Crippen LogP contribution in [0, 0.1) is 0 Å². The van der Waals surface area contributed by atoms with Gasteiger partial charge in [0.15, 0.2) is 0 Å². The maximum absolute atomic E-state index is 10.5. The quantitative estimate of drug-likeness (QED) is 0.452. The summed E-state index contributed by atoms with van der Waals surface area (Å²) >= 11 is 0. The van der Waals surface area contributed by atoms with Gasteiger partial charge in [0.1, 0.15) is 0 Å². The Balaban J connectivity index is -0.000000245. The Morgan fingerprint density at radius 2 is 2.11 bits per heavy atom. The van der Waals surface area contributed by atoms with E-state index in [0.717, 1.165) is 13.0 Å². The second kappa shape index (κ2) is 8.47. The molecule has 3 heteroatoms. The predicted molar refractivity (Wildman–Crippen MR) is 34.7 cm³/mol. The Bertz CT molecular complexity index is 72.1. The first kappa shape index (κ1) is 12.2. The first-order valence-corrected chi connectivity index (χ1v) is 3.08. The fourth-order valence-electron chi connectivity index (χ4n) is 0.513. The summed E-state index contributed by atoms with van der Waals surface area (Å²) < 4.78 is 0. The molecule has 0 saturated heterocycles. The molecule has 0 aromatic rings. The number of nitrogens with one attached hydrogen (secondary N) is 1. The third-order valence-corrected chi connectivity index (χ3v) is 0.851. The molecule has 0 aliphatic rings. The average Bonchev–Trinajstić information content (AvgIpc) is 1.68. The molecule has 1 amide bonds. The van der Waals surface area contributed by atoms with E-state index in [-0.39, 0.29) is 36.9 Å². The van der Waals surface area contributed by atoms with E-state index >= 15 is 0 Å². The molecular formula is C6H14NNaO. The number of carbonyl (C=O) groups excluding carboxylic acids is 1. The summed E-state index contributed by atoms with van der Waals surface area (Å²) in [6, 6.07) is 0. The van der Waals surface area contributed by atoms with Crippen LogP contribution in [0.4, 0.5) is 0 Å². The van der Waals surface area contributed by atoms with Crippen molar-refractivity contribution in [2.75, 3.05) is 6.54 Å². The molecule has 2 nitrogen and oxygen atoms in total. The van der Waals surface area contributed by atoms with Gasteiger partial charge < -0.3 is 6.74 Å². The molecule has 0 bridgehead atoms. The first-order chi connectivity index (χ1) is 3.81. The normalized spacial score (nSPS) is 7.78. The molecule has 0 rings (SSSR count). The van der Waals surface area contributed by atoms with Crippen LogP contribution in [-0.4, -0.2) is 12.5 Å². The molecule has 0 heterocycles. The summed E-state index contributed by atoms with van der Waals surface area (Å²) in [5.74, 6) is 0.162. The number of amides is 1. The predicted octanol–water partition coefficient (Wildman–Crippen LogP) is -1.96. The third kappa shape index (κ3) is 8.47. The zero-order valence-corrected chi connectivity index (χ0v) is 8.53. The summed E-state index contributed by atoms with van der Waals surface area (Å²) in [5, 5.41) is 2.71. The van der Waals surface area contributed by atoms with Crippen LogP contribution >= 0.6 is 0 Å². The molecular weight excluding hydrogens is 125 g/mol. The van der Waals surface area contributed by atoms with E-state index in [1.165, 1.54) is 0 Å².